The SMILES string of the molecule is Cl.NC[C@H](F)[C@H](F)C(=O)O. The molecule has 0 aromatic rings. The van der Waals surface area contributed by atoms with Crippen LogP contribution in [0.5, 0.6) is 0 Å². The number of carboxylic acid groups (broad SMARTS) is 1. The standard InChI is InChI=1S/C4H7F2NO2.ClH/c5-2(1-7)3(6)4(8)9;/h2-3H,1,7H2,(H,8,9);1H/t2-,3-;/m0./s1. The lowest BCUT2D eigenvalue weighted by Gasteiger charge is -2.04. The third kappa shape index (κ3) is 3.58. The number of hydrogen-bond acceptors (Lipinski definition) is 2. The maximum Gasteiger partial charge on any atom is 0.341 e. The molecule has 0 saturated heterocycles. The zero-order chi connectivity index (χ0) is 7.44. The minimum Gasteiger partial charge on any atom is -0.479 e. The summed E-state index contributed by atoms with van der Waals surface area (Å²) in [5.74, 6) is -1.81. The molecule has 62 valence electrons. The smallest absolute Gasteiger partial charge is 0.341 e. The van der Waals surface area contributed by atoms with Crippen molar-refractivity contribution in [3.63, 3.8) is 0 Å². The molecule has 0 bridgehead atoms. The van der Waals surface area contributed by atoms with Gasteiger partial charge >= 0.3 is 5.97 Å². The quantitative estimate of drug-likeness (QED) is 0.641. The van der Waals surface area contributed by atoms with E-state index >= 15 is 0 Å². The molecular formula is C4H8ClF2NO2. The van der Waals surface area contributed by atoms with Crippen LogP contribution in [0, 0.1) is 0 Å². The van der Waals surface area contributed by atoms with E-state index in [0.717, 1.165) is 0 Å². The molecule has 0 rings (SSSR count). The molecule has 0 aliphatic carbocycles. The molecule has 0 unspecified atom stereocenters. The van der Waals surface area contributed by atoms with Crippen LogP contribution < -0.4 is 5.73 Å². The molecule has 0 heterocycles. The zero-order valence-electron chi connectivity index (χ0n) is 4.96. The number of carboxylic acids is 1. The number of halogens is 3. The Hall–Kier alpha value is -0.420. The number of aliphatic carboxylic acids is 1. The van der Waals surface area contributed by atoms with E-state index in [0.29, 0.717) is 0 Å². The second-order valence-electron chi connectivity index (χ2n) is 1.49. The van der Waals surface area contributed by atoms with Crippen molar-refractivity contribution in [1.29, 1.82) is 0 Å². The summed E-state index contributed by atoms with van der Waals surface area (Å²) in [5.41, 5.74) is 4.63. The van der Waals surface area contributed by atoms with Crippen molar-refractivity contribution in [3.8, 4) is 0 Å². The first-order valence-corrected chi connectivity index (χ1v) is 2.30. The van der Waals surface area contributed by atoms with Crippen molar-refractivity contribution in [2.24, 2.45) is 5.73 Å². The van der Waals surface area contributed by atoms with E-state index in [4.69, 9.17) is 5.11 Å². The summed E-state index contributed by atoms with van der Waals surface area (Å²) in [6.45, 7) is -0.604. The lowest BCUT2D eigenvalue weighted by Crippen LogP contribution is -2.32. The summed E-state index contributed by atoms with van der Waals surface area (Å²) in [5, 5.41) is 7.81. The molecule has 2 atom stereocenters. The summed E-state index contributed by atoms with van der Waals surface area (Å²) in [6.07, 6.45) is -4.59. The number of hydrogen-bond donors (Lipinski definition) is 2. The number of carbonyl (C=O) groups is 1. The highest BCUT2D eigenvalue weighted by molar-refractivity contribution is 5.85. The van der Waals surface area contributed by atoms with E-state index in [2.05, 4.69) is 5.73 Å². The lowest BCUT2D eigenvalue weighted by atomic mass is 10.2. The van der Waals surface area contributed by atoms with E-state index in [1.807, 2.05) is 0 Å². The van der Waals surface area contributed by atoms with Gasteiger partial charge in [0.15, 0.2) is 6.17 Å². The van der Waals surface area contributed by atoms with Crippen molar-refractivity contribution in [2.45, 2.75) is 12.3 Å². The molecule has 0 aliphatic rings. The first-order chi connectivity index (χ1) is 4.09. The summed E-state index contributed by atoms with van der Waals surface area (Å²) in [7, 11) is 0. The van der Waals surface area contributed by atoms with Crippen LogP contribution in [0.4, 0.5) is 8.78 Å². The molecule has 0 amide bonds. The highest BCUT2D eigenvalue weighted by Gasteiger charge is 2.25. The maximum absolute atomic E-state index is 11.9. The van der Waals surface area contributed by atoms with Gasteiger partial charge in [0, 0.05) is 6.54 Å². The van der Waals surface area contributed by atoms with Crippen LogP contribution >= 0.6 is 12.4 Å². The fourth-order valence-corrected chi connectivity index (χ4v) is 0.274. The van der Waals surface area contributed by atoms with Crippen LogP contribution in [0.25, 0.3) is 0 Å². The van der Waals surface area contributed by atoms with Gasteiger partial charge in [0.1, 0.15) is 0 Å². The molecule has 0 spiro atoms. The Labute approximate surface area is 62.6 Å². The van der Waals surface area contributed by atoms with Crippen LogP contribution in [0.2, 0.25) is 0 Å². The summed E-state index contributed by atoms with van der Waals surface area (Å²) in [6, 6.07) is 0. The number of alkyl halides is 2. The molecular weight excluding hydrogens is 167 g/mol. The van der Waals surface area contributed by atoms with Gasteiger partial charge in [0.05, 0.1) is 0 Å². The lowest BCUT2D eigenvalue weighted by molar-refractivity contribution is -0.145. The first kappa shape index (κ1) is 12.3. The molecule has 3 N–H and O–H groups in total. The van der Waals surface area contributed by atoms with Crippen molar-refractivity contribution >= 4 is 18.4 Å². The Balaban J connectivity index is 0. The average Bonchev–Trinajstić information content (AvgIpc) is 1.84. The summed E-state index contributed by atoms with van der Waals surface area (Å²) < 4.78 is 23.8. The molecule has 0 fully saturated rings. The van der Waals surface area contributed by atoms with Crippen LogP contribution in [-0.4, -0.2) is 30.0 Å². The fourth-order valence-electron chi connectivity index (χ4n) is 0.274. The largest absolute Gasteiger partial charge is 0.479 e. The molecule has 0 radical (unpaired) electrons. The second-order valence-corrected chi connectivity index (χ2v) is 1.49. The molecule has 6 heteroatoms. The molecule has 0 saturated carbocycles. The van der Waals surface area contributed by atoms with Crippen molar-refractivity contribution in [2.75, 3.05) is 6.54 Å². The van der Waals surface area contributed by atoms with Crippen LogP contribution in [0.15, 0.2) is 0 Å². The number of nitrogens with two attached hydrogens (primary N) is 1. The molecule has 0 aliphatic heterocycles. The highest BCUT2D eigenvalue weighted by Crippen LogP contribution is 2.01. The highest BCUT2D eigenvalue weighted by atomic mass is 35.5. The topological polar surface area (TPSA) is 63.3 Å². The minimum absolute atomic E-state index is 0. The van der Waals surface area contributed by atoms with Gasteiger partial charge < -0.3 is 10.8 Å². The first-order valence-electron chi connectivity index (χ1n) is 2.30. The second kappa shape index (κ2) is 5.37. The van der Waals surface area contributed by atoms with Gasteiger partial charge in [-0.3, -0.25) is 0 Å². The molecule has 3 nitrogen and oxygen atoms in total. The average molecular weight is 176 g/mol. The Morgan fingerprint density at radius 2 is 2.00 bits per heavy atom. The van der Waals surface area contributed by atoms with Crippen LogP contribution in [0.1, 0.15) is 0 Å². The Morgan fingerprint density at radius 1 is 1.60 bits per heavy atom. The van der Waals surface area contributed by atoms with Gasteiger partial charge in [-0.15, -0.1) is 12.4 Å². The predicted octanol–water partition coefficient (Wildman–Crippen LogP) is 0.128. The molecule has 10 heavy (non-hydrogen) atoms. The third-order valence-corrected chi connectivity index (χ3v) is 0.779. The van der Waals surface area contributed by atoms with Gasteiger partial charge in [-0.25, -0.2) is 13.6 Å². The van der Waals surface area contributed by atoms with Crippen LogP contribution in [-0.2, 0) is 4.79 Å². The Kier molecular flexibility index (Phi) is 6.59. The fraction of sp³-hybridized carbons (Fsp3) is 0.750. The van der Waals surface area contributed by atoms with E-state index in [1.165, 1.54) is 0 Å². The van der Waals surface area contributed by atoms with Crippen molar-refractivity contribution in [1.82, 2.24) is 0 Å². The van der Waals surface area contributed by atoms with Crippen LogP contribution in [0.3, 0.4) is 0 Å². The van der Waals surface area contributed by atoms with Gasteiger partial charge in [-0.05, 0) is 0 Å². The summed E-state index contributed by atoms with van der Waals surface area (Å²) in [4.78, 5) is 9.63. The van der Waals surface area contributed by atoms with E-state index in [9.17, 15) is 13.6 Å². The number of rotatable bonds is 3. The third-order valence-electron chi connectivity index (χ3n) is 0.779. The van der Waals surface area contributed by atoms with Gasteiger partial charge in [-0.2, -0.15) is 0 Å². The Bertz CT molecular complexity index is 113. The Morgan fingerprint density at radius 3 is 2.10 bits per heavy atom. The van der Waals surface area contributed by atoms with Gasteiger partial charge in [0.2, 0.25) is 6.17 Å². The zero-order valence-corrected chi connectivity index (χ0v) is 5.78. The summed E-state index contributed by atoms with van der Waals surface area (Å²) >= 11 is 0. The minimum atomic E-state index is -2.49. The van der Waals surface area contributed by atoms with Gasteiger partial charge in [-0.1, -0.05) is 0 Å². The monoisotopic (exact) mass is 175 g/mol. The molecule has 0 aromatic carbocycles. The predicted molar refractivity (Wildman–Crippen MR) is 33.7 cm³/mol. The molecule has 0 aromatic heterocycles. The van der Waals surface area contributed by atoms with E-state index < -0.39 is 24.9 Å². The van der Waals surface area contributed by atoms with Crippen molar-refractivity contribution < 1.29 is 18.7 Å². The van der Waals surface area contributed by atoms with Crippen molar-refractivity contribution in [3.05, 3.63) is 0 Å². The van der Waals surface area contributed by atoms with E-state index in [1.54, 1.807) is 0 Å². The maximum atomic E-state index is 11.9. The van der Waals surface area contributed by atoms with E-state index in [-0.39, 0.29) is 12.4 Å². The normalized spacial score (nSPS) is 15.1. The van der Waals surface area contributed by atoms with Gasteiger partial charge in [0.25, 0.3) is 0 Å².